The second-order valence-electron chi connectivity index (χ2n) is 4.42. The summed E-state index contributed by atoms with van der Waals surface area (Å²) < 4.78 is 0. The molecule has 0 unspecified atom stereocenters. The van der Waals surface area contributed by atoms with E-state index in [9.17, 15) is 0 Å². The molecule has 4 nitrogen and oxygen atoms in total. The molecule has 1 aromatic heterocycles. The van der Waals surface area contributed by atoms with Gasteiger partial charge >= 0.3 is 0 Å². The molecule has 0 atom stereocenters. The number of aromatic nitrogens is 2. The number of imidazole rings is 1. The lowest BCUT2D eigenvalue weighted by molar-refractivity contribution is 1.24. The molecule has 20 heavy (non-hydrogen) atoms. The van der Waals surface area contributed by atoms with E-state index in [2.05, 4.69) is 20.5 Å². The molecule has 3 aromatic rings. The molecule has 0 aliphatic rings. The Balaban J connectivity index is 1.82. The molecule has 0 spiro atoms. The highest BCUT2D eigenvalue weighted by Crippen LogP contribution is 2.14. The lowest BCUT2D eigenvalue weighted by atomic mass is 10.3. The number of hydrogen-bond donors (Lipinski definition) is 2. The summed E-state index contributed by atoms with van der Waals surface area (Å²) in [5, 5.41) is 5.02. The Morgan fingerprint density at radius 1 is 1.15 bits per heavy atom. The van der Waals surface area contributed by atoms with E-state index in [0.717, 1.165) is 28.3 Å². The van der Waals surface area contributed by atoms with Crippen LogP contribution in [0.2, 0.25) is 5.02 Å². The minimum atomic E-state index is 0.702. The van der Waals surface area contributed by atoms with E-state index in [1.54, 1.807) is 0 Å². The summed E-state index contributed by atoms with van der Waals surface area (Å²) in [7, 11) is 0. The van der Waals surface area contributed by atoms with E-state index in [1.807, 2.05) is 55.5 Å². The smallest absolute Gasteiger partial charge is 0.154 e. The quantitative estimate of drug-likeness (QED) is 0.563. The van der Waals surface area contributed by atoms with E-state index in [4.69, 9.17) is 11.6 Å². The number of nitrogens with zero attached hydrogens (tertiary/aromatic N) is 2. The van der Waals surface area contributed by atoms with Crippen molar-refractivity contribution in [3.8, 4) is 0 Å². The Kier molecular flexibility index (Phi) is 3.39. The third-order valence-electron chi connectivity index (χ3n) is 2.93. The topological polar surface area (TPSA) is 53.1 Å². The van der Waals surface area contributed by atoms with Gasteiger partial charge < -0.3 is 4.98 Å². The predicted molar refractivity (Wildman–Crippen MR) is 83.4 cm³/mol. The fraction of sp³-hybridized carbons (Fsp3) is 0.0667. The SMILES string of the molecule is C/C(=N\Nc1ccc(Cl)cc1)c1nc2ccccc2[nH]1. The van der Waals surface area contributed by atoms with Crippen LogP contribution >= 0.6 is 11.6 Å². The van der Waals surface area contributed by atoms with Crippen molar-refractivity contribution < 1.29 is 0 Å². The highest BCUT2D eigenvalue weighted by molar-refractivity contribution is 6.30. The van der Waals surface area contributed by atoms with E-state index in [0.29, 0.717) is 5.02 Å². The molecule has 0 radical (unpaired) electrons. The Bertz CT molecular complexity index is 726. The van der Waals surface area contributed by atoms with Crippen molar-refractivity contribution in [1.29, 1.82) is 0 Å². The standard InChI is InChI=1S/C15H13ClN4/c1-10(19-20-12-8-6-11(16)7-9-12)15-17-13-4-2-3-5-14(13)18-15/h2-9,20H,1H3,(H,17,18)/b19-10+. The first-order chi connectivity index (χ1) is 9.72. The van der Waals surface area contributed by atoms with Crippen LogP contribution in [-0.4, -0.2) is 15.7 Å². The minimum absolute atomic E-state index is 0.702. The lowest BCUT2D eigenvalue weighted by Gasteiger charge is -2.01. The summed E-state index contributed by atoms with van der Waals surface area (Å²) in [4.78, 5) is 7.73. The van der Waals surface area contributed by atoms with Gasteiger partial charge in [0.1, 0.15) is 5.71 Å². The summed E-state index contributed by atoms with van der Waals surface area (Å²) in [6.07, 6.45) is 0. The first kappa shape index (κ1) is 12.7. The van der Waals surface area contributed by atoms with E-state index in [1.165, 1.54) is 0 Å². The molecule has 0 fully saturated rings. The fourth-order valence-electron chi connectivity index (χ4n) is 1.85. The average molecular weight is 285 g/mol. The molecule has 2 aromatic carbocycles. The summed E-state index contributed by atoms with van der Waals surface area (Å²) in [5.41, 5.74) is 6.59. The van der Waals surface area contributed by atoms with Crippen molar-refractivity contribution in [2.45, 2.75) is 6.92 Å². The second-order valence-corrected chi connectivity index (χ2v) is 4.85. The van der Waals surface area contributed by atoms with Gasteiger partial charge in [0.05, 0.1) is 16.7 Å². The first-order valence-corrected chi connectivity index (χ1v) is 6.61. The minimum Gasteiger partial charge on any atom is -0.337 e. The highest BCUT2D eigenvalue weighted by Gasteiger charge is 2.04. The maximum absolute atomic E-state index is 5.84. The molecule has 1 heterocycles. The van der Waals surface area contributed by atoms with Crippen LogP contribution in [0.5, 0.6) is 0 Å². The lowest BCUT2D eigenvalue weighted by Crippen LogP contribution is -2.01. The van der Waals surface area contributed by atoms with Crippen LogP contribution in [0.4, 0.5) is 5.69 Å². The molecular formula is C15H13ClN4. The van der Waals surface area contributed by atoms with Crippen LogP contribution in [0.15, 0.2) is 53.6 Å². The Hall–Kier alpha value is -2.33. The summed E-state index contributed by atoms with van der Waals surface area (Å²) in [5.74, 6) is 0.757. The molecule has 0 amide bonds. The van der Waals surface area contributed by atoms with Crippen molar-refractivity contribution in [3.05, 3.63) is 59.4 Å². The van der Waals surface area contributed by atoms with Crippen molar-refractivity contribution in [1.82, 2.24) is 9.97 Å². The Morgan fingerprint density at radius 3 is 2.65 bits per heavy atom. The van der Waals surface area contributed by atoms with E-state index in [-0.39, 0.29) is 0 Å². The van der Waals surface area contributed by atoms with Gasteiger partial charge in [0.25, 0.3) is 0 Å². The van der Waals surface area contributed by atoms with Crippen LogP contribution < -0.4 is 5.43 Å². The summed E-state index contributed by atoms with van der Waals surface area (Å²) >= 11 is 5.84. The predicted octanol–water partition coefficient (Wildman–Crippen LogP) is 4.05. The van der Waals surface area contributed by atoms with Crippen LogP contribution in [0, 0.1) is 0 Å². The van der Waals surface area contributed by atoms with Crippen molar-refractivity contribution in [2.75, 3.05) is 5.43 Å². The molecule has 0 aliphatic carbocycles. The maximum atomic E-state index is 5.84. The largest absolute Gasteiger partial charge is 0.337 e. The molecule has 0 bridgehead atoms. The zero-order valence-electron chi connectivity index (χ0n) is 10.9. The van der Waals surface area contributed by atoms with Gasteiger partial charge in [0.15, 0.2) is 5.82 Å². The fourth-order valence-corrected chi connectivity index (χ4v) is 1.98. The third-order valence-corrected chi connectivity index (χ3v) is 3.18. The molecule has 0 saturated heterocycles. The van der Waals surface area contributed by atoms with Gasteiger partial charge in [-0.2, -0.15) is 5.10 Å². The van der Waals surface area contributed by atoms with Gasteiger partial charge in [-0.25, -0.2) is 4.98 Å². The number of rotatable bonds is 3. The van der Waals surface area contributed by atoms with E-state index >= 15 is 0 Å². The molecule has 0 saturated carbocycles. The zero-order chi connectivity index (χ0) is 13.9. The number of benzene rings is 2. The van der Waals surface area contributed by atoms with Crippen LogP contribution in [-0.2, 0) is 0 Å². The number of hydrazone groups is 1. The number of nitrogens with one attached hydrogen (secondary N) is 2. The number of halogens is 1. The third kappa shape index (κ3) is 2.65. The molecule has 5 heteroatoms. The zero-order valence-corrected chi connectivity index (χ0v) is 11.6. The molecule has 100 valence electrons. The first-order valence-electron chi connectivity index (χ1n) is 6.23. The monoisotopic (exact) mass is 284 g/mol. The van der Waals surface area contributed by atoms with Gasteiger partial charge in [-0.15, -0.1) is 0 Å². The highest BCUT2D eigenvalue weighted by atomic mass is 35.5. The summed E-state index contributed by atoms with van der Waals surface area (Å²) in [6.45, 7) is 1.90. The van der Waals surface area contributed by atoms with Crippen molar-refractivity contribution in [3.63, 3.8) is 0 Å². The number of anilines is 1. The number of H-pyrrole nitrogens is 1. The number of para-hydroxylation sites is 2. The van der Waals surface area contributed by atoms with Crippen molar-refractivity contribution in [2.24, 2.45) is 5.10 Å². The Labute approximate surface area is 121 Å². The van der Waals surface area contributed by atoms with Gasteiger partial charge in [0.2, 0.25) is 0 Å². The maximum Gasteiger partial charge on any atom is 0.154 e. The number of hydrogen-bond acceptors (Lipinski definition) is 3. The van der Waals surface area contributed by atoms with Crippen LogP contribution in [0.25, 0.3) is 11.0 Å². The van der Waals surface area contributed by atoms with Crippen molar-refractivity contribution >= 4 is 34.0 Å². The molecule has 2 N–H and O–H groups in total. The summed E-state index contributed by atoms with van der Waals surface area (Å²) in [6, 6.07) is 15.3. The van der Waals surface area contributed by atoms with Gasteiger partial charge in [-0.3, -0.25) is 5.43 Å². The van der Waals surface area contributed by atoms with Gasteiger partial charge in [-0.05, 0) is 43.3 Å². The van der Waals surface area contributed by atoms with Gasteiger partial charge in [-0.1, -0.05) is 23.7 Å². The average Bonchev–Trinajstić information content (AvgIpc) is 2.90. The number of fused-ring (bicyclic) bond motifs is 1. The number of aromatic amines is 1. The normalized spacial score (nSPS) is 11.8. The van der Waals surface area contributed by atoms with Crippen LogP contribution in [0.3, 0.4) is 0 Å². The Morgan fingerprint density at radius 2 is 1.90 bits per heavy atom. The van der Waals surface area contributed by atoms with E-state index < -0.39 is 0 Å². The van der Waals surface area contributed by atoms with Crippen LogP contribution in [0.1, 0.15) is 12.7 Å². The molecule has 0 aliphatic heterocycles. The second kappa shape index (κ2) is 5.35. The van der Waals surface area contributed by atoms with Gasteiger partial charge in [0, 0.05) is 5.02 Å². The molecular weight excluding hydrogens is 272 g/mol. The molecule has 3 rings (SSSR count).